The van der Waals surface area contributed by atoms with Crippen LogP contribution in [0.15, 0.2) is 48.5 Å². The third kappa shape index (κ3) is 7.49. The lowest BCUT2D eigenvalue weighted by Crippen LogP contribution is -2.49. The van der Waals surface area contributed by atoms with E-state index in [1.807, 2.05) is 24.3 Å². The molecule has 0 aromatic heterocycles. The summed E-state index contributed by atoms with van der Waals surface area (Å²) in [6.07, 6.45) is -0.525. The van der Waals surface area contributed by atoms with Crippen molar-refractivity contribution in [1.82, 2.24) is 4.90 Å². The number of β-amino-alcohol motifs (C(OH)–C–C–N with tert-alkyl or cyclic N) is 1. The number of nitrogens with zero attached hydrogens (tertiary/aromatic N) is 2. The minimum Gasteiger partial charge on any atom is -0.491 e. The summed E-state index contributed by atoms with van der Waals surface area (Å²) in [5.74, 6) is 0.616. The third-order valence-electron chi connectivity index (χ3n) is 5.56. The number of piperazine rings is 1. The lowest BCUT2D eigenvalue weighted by molar-refractivity contribution is 0.00718. The summed E-state index contributed by atoms with van der Waals surface area (Å²) in [5, 5.41) is 10.3. The van der Waals surface area contributed by atoms with Crippen molar-refractivity contribution in [2.24, 2.45) is 0 Å². The Morgan fingerprint density at radius 2 is 1.58 bits per heavy atom. The molecule has 0 spiro atoms. The van der Waals surface area contributed by atoms with Crippen LogP contribution in [0.1, 0.15) is 26.3 Å². The van der Waals surface area contributed by atoms with E-state index in [2.05, 4.69) is 42.7 Å². The molecule has 170 valence electrons. The van der Waals surface area contributed by atoms with Gasteiger partial charge in [0.05, 0.1) is 19.3 Å². The fourth-order valence-electron chi connectivity index (χ4n) is 3.68. The van der Waals surface area contributed by atoms with Crippen LogP contribution in [0.3, 0.4) is 0 Å². The standard InChI is InChI=1S/C25H35FN2O3/c1-25(2,3)20-4-10-24(11-5-20)31-17-16-30-19-23(29)18-27-12-14-28(15-13-27)22-8-6-21(26)7-9-22/h4-11,23,29H,12-19H2,1-3H3/t23-/m0/s1. The molecular weight excluding hydrogens is 395 g/mol. The number of rotatable bonds is 9. The molecule has 0 aliphatic carbocycles. The van der Waals surface area contributed by atoms with Gasteiger partial charge in [0.2, 0.25) is 0 Å². The van der Waals surface area contributed by atoms with Gasteiger partial charge in [-0.25, -0.2) is 4.39 Å². The van der Waals surface area contributed by atoms with Crippen LogP contribution in [0.4, 0.5) is 10.1 Å². The Morgan fingerprint density at radius 3 is 2.19 bits per heavy atom. The van der Waals surface area contributed by atoms with Gasteiger partial charge in [-0.3, -0.25) is 4.90 Å². The summed E-state index contributed by atoms with van der Waals surface area (Å²) in [5.41, 5.74) is 2.45. The molecule has 6 heteroatoms. The Balaban J connectivity index is 1.28. The maximum atomic E-state index is 13.1. The highest BCUT2D eigenvalue weighted by atomic mass is 19.1. The summed E-state index contributed by atoms with van der Waals surface area (Å²) in [7, 11) is 0. The average Bonchev–Trinajstić information content (AvgIpc) is 2.74. The SMILES string of the molecule is CC(C)(C)c1ccc(OCCOC[C@@H](O)CN2CCN(c3ccc(F)cc3)CC2)cc1. The zero-order chi connectivity index (χ0) is 22.3. The van der Waals surface area contributed by atoms with Crippen LogP contribution in [-0.4, -0.2) is 68.7 Å². The van der Waals surface area contributed by atoms with E-state index in [4.69, 9.17) is 9.47 Å². The maximum absolute atomic E-state index is 13.1. The van der Waals surface area contributed by atoms with E-state index in [0.717, 1.165) is 37.6 Å². The maximum Gasteiger partial charge on any atom is 0.123 e. The lowest BCUT2D eigenvalue weighted by atomic mass is 9.87. The van der Waals surface area contributed by atoms with Gasteiger partial charge in [0, 0.05) is 38.4 Å². The largest absolute Gasteiger partial charge is 0.491 e. The smallest absolute Gasteiger partial charge is 0.123 e. The van der Waals surface area contributed by atoms with Gasteiger partial charge >= 0.3 is 0 Å². The van der Waals surface area contributed by atoms with E-state index in [0.29, 0.717) is 26.4 Å². The van der Waals surface area contributed by atoms with Crippen LogP contribution < -0.4 is 9.64 Å². The Kier molecular flexibility index (Phi) is 8.29. The van der Waals surface area contributed by atoms with Crippen molar-refractivity contribution < 1.29 is 19.0 Å². The van der Waals surface area contributed by atoms with Gasteiger partial charge in [-0.15, -0.1) is 0 Å². The molecule has 1 fully saturated rings. The highest BCUT2D eigenvalue weighted by Gasteiger charge is 2.19. The van der Waals surface area contributed by atoms with Crippen LogP contribution in [0.2, 0.25) is 0 Å². The van der Waals surface area contributed by atoms with E-state index in [1.165, 1.54) is 17.7 Å². The monoisotopic (exact) mass is 430 g/mol. The molecule has 0 unspecified atom stereocenters. The minimum absolute atomic E-state index is 0.130. The molecule has 1 N–H and O–H groups in total. The molecule has 1 saturated heterocycles. The van der Waals surface area contributed by atoms with Gasteiger partial charge in [0.1, 0.15) is 18.2 Å². The van der Waals surface area contributed by atoms with Crippen molar-refractivity contribution in [2.45, 2.75) is 32.3 Å². The number of halogens is 1. The first-order chi connectivity index (χ1) is 14.8. The molecule has 0 saturated carbocycles. The van der Waals surface area contributed by atoms with Crippen LogP contribution in [0, 0.1) is 5.82 Å². The van der Waals surface area contributed by atoms with Crippen molar-refractivity contribution in [3.8, 4) is 5.75 Å². The molecule has 0 bridgehead atoms. The Hall–Kier alpha value is -2.15. The van der Waals surface area contributed by atoms with E-state index >= 15 is 0 Å². The van der Waals surface area contributed by atoms with Crippen molar-refractivity contribution in [1.29, 1.82) is 0 Å². The predicted octanol–water partition coefficient (Wildman–Crippen LogP) is 3.70. The van der Waals surface area contributed by atoms with Crippen molar-refractivity contribution in [3.63, 3.8) is 0 Å². The number of anilines is 1. The molecule has 31 heavy (non-hydrogen) atoms. The van der Waals surface area contributed by atoms with E-state index < -0.39 is 6.10 Å². The molecule has 1 aliphatic heterocycles. The number of hydrogen-bond acceptors (Lipinski definition) is 5. The molecule has 2 aromatic carbocycles. The van der Waals surface area contributed by atoms with Crippen molar-refractivity contribution >= 4 is 5.69 Å². The Morgan fingerprint density at radius 1 is 0.935 bits per heavy atom. The number of benzene rings is 2. The number of hydrogen-bond donors (Lipinski definition) is 1. The normalized spacial score (nSPS) is 16.4. The first-order valence-electron chi connectivity index (χ1n) is 11.0. The zero-order valence-corrected chi connectivity index (χ0v) is 18.9. The van der Waals surface area contributed by atoms with Gasteiger partial charge in [0.25, 0.3) is 0 Å². The highest BCUT2D eigenvalue weighted by molar-refractivity contribution is 5.46. The van der Waals surface area contributed by atoms with E-state index in [1.54, 1.807) is 0 Å². The van der Waals surface area contributed by atoms with E-state index in [9.17, 15) is 9.50 Å². The number of aliphatic hydroxyl groups excluding tert-OH is 1. The van der Waals surface area contributed by atoms with Gasteiger partial charge in [-0.05, 0) is 47.4 Å². The molecule has 0 amide bonds. The van der Waals surface area contributed by atoms with Crippen molar-refractivity contribution in [2.75, 3.05) is 57.4 Å². The predicted molar refractivity (Wildman–Crippen MR) is 123 cm³/mol. The molecule has 5 nitrogen and oxygen atoms in total. The summed E-state index contributed by atoms with van der Waals surface area (Å²) in [4.78, 5) is 4.48. The van der Waals surface area contributed by atoms with Gasteiger partial charge in [-0.1, -0.05) is 32.9 Å². The first-order valence-corrected chi connectivity index (χ1v) is 11.0. The fourth-order valence-corrected chi connectivity index (χ4v) is 3.68. The average molecular weight is 431 g/mol. The second kappa shape index (κ2) is 10.9. The van der Waals surface area contributed by atoms with E-state index in [-0.39, 0.29) is 11.2 Å². The Bertz CT molecular complexity index is 782. The van der Waals surface area contributed by atoms with Crippen LogP contribution >= 0.6 is 0 Å². The molecule has 1 aliphatic rings. The molecule has 3 rings (SSSR count). The second-order valence-corrected chi connectivity index (χ2v) is 9.12. The van der Waals surface area contributed by atoms with Crippen molar-refractivity contribution in [3.05, 3.63) is 59.9 Å². The molecule has 1 atom stereocenters. The topological polar surface area (TPSA) is 45.2 Å². The summed E-state index contributed by atoms with van der Waals surface area (Å²) in [6, 6.07) is 14.8. The van der Waals surface area contributed by atoms with Crippen LogP contribution in [-0.2, 0) is 10.2 Å². The van der Waals surface area contributed by atoms with Gasteiger partial charge < -0.3 is 19.5 Å². The number of aliphatic hydroxyl groups is 1. The second-order valence-electron chi connectivity index (χ2n) is 9.12. The molecular formula is C25H35FN2O3. The third-order valence-corrected chi connectivity index (χ3v) is 5.56. The molecule has 0 radical (unpaired) electrons. The van der Waals surface area contributed by atoms with Crippen LogP contribution in [0.5, 0.6) is 5.75 Å². The summed E-state index contributed by atoms with van der Waals surface area (Å²) >= 11 is 0. The van der Waals surface area contributed by atoms with Gasteiger partial charge in [-0.2, -0.15) is 0 Å². The summed E-state index contributed by atoms with van der Waals surface area (Å²) in [6.45, 7) is 11.8. The Labute approximate surface area is 185 Å². The summed E-state index contributed by atoms with van der Waals surface area (Å²) < 4.78 is 24.4. The zero-order valence-electron chi connectivity index (χ0n) is 18.9. The quantitative estimate of drug-likeness (QED) is 0.615. The molecule has 2 aromatic rings. The van der Waals surface area contributed by atoms with Gasteiger partial charge in [0.15, 0.2) is 0 Å². The lowest BCUT2D eigenvalue weighted by Gasteiger charge is -2.36. The van der Waals surface area contributed by atoms with Crippen LogP contribution in [0.25, 0.3) is 0 Å². The fraction of sp³-hybridized carbons (Fsp3) is 0.520. The highest BCUT2D eigenvalue weighted by Crippen LogP contribution is 2.24. The number of ether oxygens (including phenoxy) is 2. The first kappa shape index (κ1) is 23.5. The minimum atomic E-state index is -0.525. The molecule has 1 heterocycles.